The Bertz CT molecular complexity index is 1160. The molecule has 5 heterocycles. The van der Waals surface area contributed by atoms with E-state index in [1.165, 1.54) is 43.5 Å². The lowest BCUT2D eigenvalue weighted by atomic mass is 9.87. The molecule has 3 aliphatic heterocycles. The van der Waals surface area contributed by atoms with Crippen molar-refractivity contribution in [3.8, 4) is 16.9 Å². The number of anilines is 2. The normalized spacial score (nSPS) is 21.1. The van der Waals surface area contributed by atoms with Crippen molar-refractivity contribution in [2.75, 3.05) is 31.5 Å². The minimum atomic E-state index is 0.488. The van der Waals surface area contributed by atoms with Crippen molar-refractivity contribution in [1.29, 1.82) is 0 Å². The van der Waals surface area contributed by atoms with Gasteiger partial charge in [0.1, 0.15) is 18.2 Å². The third-order valence-electron chi connectivity index (χ3n) is 7.53. The van der Waals surface area contributed by atoms with Crippen molar-refractivity contribution in [2.45, 2.75) is 44.8 Å². The number of hydrogen-bond donors (Lipinski definition) is 2. The number of ether oxygens (including phenoxy) is 1. The maximum absolute atomic E-state index is 6.36. The Kier molecular flexibility index (Phi) is 5.31. The van der Waals surface area contributed by atoms with Gasteiger partial charge >= 0.3 is 0 Å². The molecule has 3 aromatic rings. The maximum Gasteiger partial charge on any atom is 0.146 e. The molecule has 0 unspecified atom stereocenters. The molecule has 7 nitrogen and oxygen atoms in total. The minimum Gasteiger partial charge on any atom is -0.486 e. The number of nitrogens with zero attached hydrogens (tertiary/aromatic N) is 4. The second-order valence-corrected chi connectivity index (χ2v) is 9.67. The molecule has 2 saturated heterocycles. The Labute approximate surface area is 195 Å². The Morgan fingerprint density at radius 2 is 2.03 bits per heavy atom. The van der Waals surface area contributed by atoms with Gasteiger partial charge in [0, 0.05) is 43.2 Å². The molecule has 7 heteroatoms. The summed E-state index contributed by atoms with van der Waals surface area (Å²) in [5, 5.41) is 11.5. The van der Waals surface area contributed by atoms with E-state index in [4.69, 9.17) is 4.74 Å². The van der Waals surface area contributed by atoms with E-state index < -0.39 is 0 Å². The molecule has 0 spiro atoms. The number of pyridine rings is 1. The van der Waals surface area contributed by atoms with Gasteiger partial charge in [0.05, 0.1) is 11.9 Å². The summed E-state index contributed by atoms with van der Waals surface area (Å²) in [5.41, 5.74) is 6.89. The van der Waals surface area contributed by atoms with Gasteiger partial charge in [-0.15, -0.1) is 0 Å². The van der Waals surface area contributed by atoms with Gasteiger partial charge in [0.2, 0.25) is 0 Å². The van der Waals surface area contributed by atoms with Crippen LogP contribution in [0.5, 0.6) is 5.75 Å². The van der Waals surface area contributed by atoms with Crippen LogP contribution < -0.4 is 15.4 Å². The molecule has 172 valence electrons. The van der Waals surface area contributed by atoms with Gasteiger partial charge < -0.3 is 15.4 Å². The Hall–Kier alpha value is -2.90. The topological polar surface area (TPSA) is 67.2 Å². The van der Waals surface area contributed by atoms with E-state index in [-0.39, 0.29) is 0 Å². The first-order valence-electron chi connectivity index (χ1n) is 12.1. The molecule has 33 heavy (non-hydrogen) atoms. The zero-order valence-electron chi connectivity index (χ0n) is 19.5. The monoisotopic (exact) mass is 444 g/mol. The molecule has 0 radical (unpaired) electrons. The van der Waals surface area contributed by atoms with Gasteiger partial charge in [0.25, 0.3) is 0 Å². The van der Waals surface area contributed by atoms with E-state index in [0.717, 1.165) is 53.1 Å². The van der Waals surface area contributed by atoms with Crippen LogP contribution in [0, 0.1) is 6.92 Å². The zero-order chi connectivity index (χ0) is 22.4. The highest BCUT2D eigenvalue weighted by Gasteiger charge is 2.29. The van der Waals surface area contributed by atoms with Gasteiger partial charge in [-0.05, 0) is 80.6 Å². The average molecular weight is 445 g/mol. The van der Waals surface area contributed by atoms with Crippen LogP contribution in [0.1, 0.15) is 41.9 Å². The molecule has 3 aliphatic rings. The predicted molar refractivity (Wildman–Crippen MR) is 130 cm³/mol. The van der Waals surface area contributed by atoms with Crippen molar-refractivity contribution in [1.82, 2.24) is 25.0 Å². The van der Waals surface area contributed by atoms with E-state index in [1.807, 2.05) is 36.4 Å². The molecule has 0 saturated carbocycles. The molecular formula is C26H32N6O. The number of aromatic nitrogens is 3. The van der Waals surface area contributed by atoms with Gasteiger partial charge in [0.15, 0.2) is 0 Å². The number of hydrogen-bond acceptors (Lipinski definition) is 6. The number of rotatable bonds is 3. The molecular weight excluding hydrogens is 412 g/mol. The van der Waals surface area contributed by atoms with Gasteiger partial charge in [-0.1, -0.05) is 6.07 Å². The van der Waals surface area contributed by atoms with Gasteiger partial charge in [-0.2, -0.15) is 5.10 Å². The molecule has 6 rings (SSSR count). The fraction of sp³-hybridized carbons (Fsp3) is 0.462. The van der Waals surface area contributed by atoms with E-state index in [0.29, 0.717) is 12.5 Å². The summed E-state index contributed by atoms with van der Waals surface area (Å²) in [6.45, 7) is 7.34. The minimum absolute atomic E-state index is 0.488. The lowest BCUT2D eigenvalue weighted by molar-refractivity contribution is 0.161. The largest absolute Gasteiger partial charge is 0.486 e. The third kappa shape index (κ3) is 3.89. The summed E-state index contributed by atoms with van der Waals surface area (Å²) in [6.07, 6.45) is 9.52. The fourth-order valence-electron chi connectivity index (χ4n) is 5.72. The second-order valence-electron chi connectivity index (χ2n) is 9.67. The number of aryl methyl sites for hydroxylation is 2. The van der Waals surface area contributed by atoms with Crippen LogP contribution in [-0.4, -0.2) is 51.9 Å². The SMILES string of the molecule is Cc1cc(C2CCN([C@@H]3CCNC3)CC2)cc2c1OCc1c(-c3cnn(C)c3)ccnc1N2. The van der Waals surface area contributed by atoms with Crippen LogP contribution in [0.4, 0.5) is 11.5 Å². The predicted octanol–water partition coefficient (Wildman–Crippen LogP) is 3.97. The number of benzene rings is 1. The molecule has 0 bridgehead atoms. The van der Waals surface area contributed by atoms with Crippen LogP contribution >= 0.6 is 0 Å². The summed E-state index contributed by atoms with van der Waals surface area (Å²) in [4.78, 5) is 7.35. The van der Waals surface area contributed by atoms with E-state index >= 15 is 0 Å². The van der Waals surface area contributed by atoms with Crippen molar-refractivity contribution in [3.63, 3.8) is 0 Å². The first-order valence-corrected chi connectivity index (χ1v) is 12.1. The number of fused-ring (bicyclic) bond motifs is 2. The number of nitrogens with one attached hydrogen (secondary N) is 2. The summed E-state index contributed by atoms with van der Waals surface area (Å²) in [7, 11) is 1.94. The highest BCUT2D eigenvalue weighted by Crippen LogP contribution is 2.42. The molecule has 1 aromatic carbocycles. The number of piperidine rings is 1. The van der Waals surface area contributed by atoms with Crippen molar-refractivity contribution < 1.29 is 4.74 Å². The Balaban J connectivity index is 1.26. The molecule has 0 amide bonds. The van der Waals surface area contributed by atoms with Crippen LogP contribution in [0.25, 0.3) is 11.1 Å². The van der Waals surface area contributed by atoms with E-state index in [1.54, 1.807) is 0 Å². The number of likely N-dealkylation sites (tertiary alicyclic amines) is 1. The summed E-state index contributed by atoms with van der Waals surface area (Å²) < 4.78 is 8.18. The summed E-state index contributed by atoms with van der Waals surface area (Å²) >= 11 is 0. The highest BCUT2D eigenvalue weighted by atomic mass is 16.5. The van der Waals surface area contributed by atoms with Crippen molar-refractivity contribution >= 4 is 11.5 Å². The standard InChI is InChI=1S/C26H32N6O/c1-17-11-19(18-5-9-32(10-6-18)21-3-7-27-14-21)12-24-25(17)33-16-23-22(4-8-28-26(23)30-24)20-13-29-31(2)15-20/h4,8,11-13,15,18,21,27H,3,5-7,9-10,14,16H2,1-2H3,(H,28,30)/t21-/m1/s1. The summed E-state index contributed by atoms with van der Waals surface area (Å²) in [6, 6.07) is 7.41. The van der Waals surface area contributed by atoms with Gasteiger partial charge in [-0.3, -0.25) is 9.58 Å². The lowest BCUT2D eigenvalue weighted by Gasteiger charge is -2.36. The average Bonchev–Trinajstić information content (AvgIpc) is 3.47. The molecule has 2 aromatic heterocycles. The molecule has 2 fully saturated rings. The van der Waals surface area contributed by atoms with Crippen LogP contribution in [0.3, 0.4) is 0 Å². The Morgan fingerprint density at radius 1 is 1.15 bits per heavy atom. The zero-order valence-corrected chi connectivity index (χ0v) is 19.5. The quantitative estimate of drug-likeness (QED) is 0.637. The highest BCUT2D eigenvalue weighted by molar-refractivity contribution is 5.77. The Morgan fingerprint density at radius 3 is 2.79 bits per heavy atom. The van der Waals surface area contributed by atoms with E-state index in [9.17, 15) is 0 Å². The molecule has 2 N–H and O–H groups in total. The van der Waals surface area contributed by atoms with Crippen LogP contribution in [0.2, 0.25) is 0 Å². The van der Waals surface area contributed by atoms with Crippen LogP contribution in [-0.2, 0) is 13.7 Å². The fourth-order valence-corrected chi connectivity index (χ4v) is 5.72. The van der Waals surface area contributed by atoms with Gasteiger partial charge in [-0.25, -0.2) is 4.98 Å². The van der Waals surface area contributed by atoms with Crippen molar-refractivity contribution in [3.05, 3.63) is 53.5 Å². The summed E-state index contributed by atoms with van der Waals surface area (Å²) in [5.74, 6) is 2.40. The molecule has 1 atom stereocenters. The second kappa shape index (κ2) is 8.47. The van der Waals surface area contributed by atoms with Crippen molar-refractivity contribution in [2.24, 2.45) is 7.05 Å². The third-order valence-corrected chi connectivity index (χ3v) is 7.53. The van der Waals surface area contributed by atoms with Crippen LogP contribution in [0.15, 0.2) is 36.8 Å². The first-order chi connectivity index (χ1) is 16.2. The van der Waals surface area contributed by atoms with E-state index in [2.05, 4.69) is 44.7 Å². The molecule has 0 aliphatic carbocycles. The maximum atomic E-state index is 6.36. The smallest absolute Gasteiger partial charge is 0.146 e. The first kappa shape index (κ1) is 20.7. The lowest BCUT2D eigenvalue weighted by Crippen LogP contribution is -2.42.